The van der Waals surface area contributed by atoms with Crippen LogP contribution in [0.4, 0.5) is 4.79 Å². The van der Waals surface area contributed by atoms with E-state index in [0.717, 1.165) is 26.1 Å². The molecule has 1 heterocycles. The molecule has 0 aromatic heterocycles. The average Bonchev–Trinajstić information content (AvgIpc) is 2.90. The van der Waals surface area contributed by atoms with Gasteiger partial charge < -0.3 is 10.1 Å². The van der Waals surface area contributed by atoms with E-state index in [0.29, 0.717) is 11.8 Å². The molecule has 0 unspecified atom stereocenters. The van der Waals surface area contributed by atoms with Gasteiger partial charge in [0.1, 0.15) is 5.60 Å². The molecule has 3 rings (SSSR count). The van der Waals surface area contributed by atoms with Gasteiger partial charge in [0, 0.05) is 25.7 Å². The molecule has 132 valence electrons. The quantitative estimate of drug-likeness (QED) is 0.916. The van der Waals surface area contributed by atoms with Gasteiger partial charge in [-0.25, -0.2) is 4.79 Å². The summed E-state index contributed by atoms with van der Waals surface area (Å²) in [5, 5.41) is 3.14. The summed E-state index contributed by atoms with van der Waals surface area (Å²) < 4.78 is 5.45. The van der Waals surface area contributed by atoms with Crippen LogP contribution in [0.1, 0.15) is 45.6 Å². The number of carbonyl (C=O) groups excluding carboxylic acids is 1. The van der Waals surface area contributed by atoms with Gasteiger partial charge in [-0.05, 0) is 51.0 Å². The lowest BCUT2D eigenvalue weighted by atomic mass is 9.78. The fourth-order valence-electron chi connectivity index (χ4n) is 4.17. The standard InChI is InChI=1S/C20H30N2O2/c1-20(2,3)24-19(23)21-18-11-7-10-16-13-22(14-17(16)18)12-15-8-5-4-6-9-15/h4-6,8-9,16-18H,7,10-14H2,1-3H3,(H,21,23)/t16-,17-,18+/m0/s1. The van der Waals surface area contributed by atoms with Crippen LogP contribution in [0.5, 0.6) is 0 Å². The zero-order valence-corrected chi connectivity index (χ0v) is 15.1. The number of benzene rings is 1. The predicted molar refractivity (Wildman–Crippen MR) is 95.7 cm³/mol. The first-order valence-electron chi connectivity index (χ1n) is 9.16. The van der Waals surface area contributed by atoms with Crippen molar-refractivity contribution in [2.24, 2.45) is 11.8 Å². The molecule has 0 bridgehead atoms. The molecule has 1 amide bonds. The Morgan fingerprint density at radius 3 is 2.67 bits per heavy atom. The summed E-state index contributed by atoms with van der Waals surface area (Å²) in [6.45, 7) is 8.95. The third-order valence-corrected chi connectivity index (χ3v) is 5.13. The average molecular weight is 330 g/mol. The van der Waals surface area contributed by atoms with Crippen LogP contribution >= 0.6 is 0 Å². The molecule has 3 atom stereocenters. The molecule has 1 aromatic carbocycles. The maximum Gasteiger partial charge on any atom is 0.407 e. The van der Waals surface area contributed by atoms with Crippen LogP contribution in [-0.2, 0) is 11.3 Å². The molecule has 1 aliphatic heterocycles. The molecule has 1 aliphatic carbocycles. The van der Waals surface area contributed by atoms with Crippen molar-refractivity contribution in [2.75, 3.05) is 13.1 Å². The maximum atomic E-state index is 12.1. The molecule has 1 aromatic rings. The second-order valence-electron chi connectivity index (χ2n) is 8.29. The predicted octanol–water partition coefficient (Wildman–Crippen LogP) is 3.81. The topological polar surface area (TPSA) is 41.6 Å². The van der Waals surface area contributed by atoms with E-state index in [-0.39, 0.29) is 12.1 Å². The van der Waals surface area contributed by atoms with Crippen molar-refractivity contribution in [3.05, 3.63) is 35.9 Å². The number of rotatable bonds is 3. The fraction of sp³-hybridized carbons (Fsp3) is 0.650. The Balaban J connectivity index is 1.58. The Bertz CT molecular complexity index is 553. The minimum atomic E-state index is -0.437. The molecule has 1 saturated carbocycles. The third-order valence-electron chi connectivity index (χ3n) is 5.13. The van der Waals surface area contributed by atoms with E-state index in [1.807, 2.05) is 20.8 Å². The Morgan fingerprint density at radius 2 is 1.96 bits per heavy atom. The van der Waals surface area contributed by atoms with Crippen LogP contribution in [0.15, 0.2) is 30.3 Å². The van der Waals surface area contributed by atoms with Crippen molar-refractivity contribution < 1.29 is 9.53 Å². The van der Waals surface area contributed by atoms with E-state index < -0.39 is 5.60 Å². The van der Waals surface area contributed by atoms with Crippen LogP contribution in [0.3, 0.4) is 0 Å². The van der Waals surface area contributed by atoms with Crippen molar-refractivity contribution in [1.82, 2.24) is 10.2 Å². The van der Waals surface area contributed by atoms with Crippen molar-refractivity contribution >= 4 is 6.09 Å². The largest absolute Gasteiger partial charge is 0.444 e. The van der Waals surface area contributed by atoms with E-state index in [1.54, 1.807) is 0 Å². The van der Waals surface area contributed by atoms with Gasteiger partial charge in [0.05, 0.1) is 0 Å². The summed E-state index contributed by atoms with van der Waals surface area (Å²) in [5.41, 5.74) is 0.931. The zero-order chi connectivity index (χ0) is 17.2. The third kappa shape index (κ3) is 4.50. The van der Waals surface area contributed by atoms with Gasteiger partial charge in [0.15, 0.2) is 0 Å². The van der Waals surface area contributed by atoms with Crippen molar-refractivity contribution in [3.63, 3.8) is 0 Å². The highest BCUT2D eigenvalue weighted by Crippen LogP contribution is 2.37. The molecular weight excluding hydrogens is 300 g/mol. The number of hydrogen-bond acceptors (Lipinski definition) is 3. The van der Waals surface area contributed by atoms with Gasteiger partial charge in [-0.3, -0.25) is 4.90 Å². The van der Waals surface area contributed by atoms with Crippen molar-refractivity contribution in [1.29, 1.82) is 0 Å². The first-order chi connectivity index (χ1) is 11.4. The Morgan fingerprint density at radius 1 is 1.21 bits per heavy atom. The Labute approximate surface area is 145 Å². The van der Waals surface area contributed by atoms with Crippen LogP contribution < -0.4 is 5.32 Å². The highest BCUT2D eigenvalue weighted by atomic mass is 16.6. The van der Waals surface area contributed by atoms with Crippen LogP contribution in [0, 0.1) is 11.8 Å². The summed E-state index contributed by atoms with van der Waals surface area (Å²) in [6.07, 6.45) is 3.28. The minimum absolute atomic E-state index is 0.249. The number of amides is 1. The van der Waals surface area contributed by atoms with E-state index in [9.17, 15) is 4.79 Å². The number of ether oxygens (including phenoxy) is 1. The summed E-state index contributed by atoms with van der Waals surface area (Å²) in [5.74, 6) is 1.25. The second-order valence-corrected chi connectivity index (χ2v) is 8.29. The number of likely N-dealkylation sites (tertiary alicyclic amines) is 1. The lowest BCUT2D eigenvalue weighted by Crippen LogP contribution is -2.47. The number of carbonyl (C=O) groups is 1. The van der Waals surface area contributed by atoms with Crippen LogP contribution in [-0.4, -0.2) is 35.7 Å². The van der Waals surface area contributed by atoms with E-state index >= 15 is 0 Å². The summed E-state index contributed by atoms with van der Waals surface area (Å²) >= 11 is 0. The maximum absolute atomic E-state index is 12.1. The Kier molecular flexibility index (Phi) is 5.14. The number of nitrogens with one attached hydrogen (secondary N) is 1. The lowest BCUT2D eigenvalue weighted by Gasteiger charge is -2.34. The second kappa shape index (κ2) is 7.14. The first kappa shape index (κ1) is 17.3. The summed E-state index contributed by atoms with van der Waals surface area (Å²) in [4.78, 5) is 14.7. The number of nitrogens with zero attached hydrogens (tertiary/aromatic N) is 1. The first-order valence-corrected chi connectivity index (χ1v) is 9.16. The summed E-state index contributed by atoms with van der Waals surface area (Å²) in [7, 11) is 0. The SMILES string of the molecule is CC(C)(C)OC(=O)N[C@@H]1CCC[C@H]2CN(Cc3ccccc3)C[C@@H]21. The number of hydrogen-bond donors (Lipinski definition) is 1. The smallest absolute Gasteiger partial charge is 0.407 e. The minimum Gasteiger partial charge on any atom is -0.444 e. The Hall–Kier alpha value is -1.55. The lowest BCUT2D eigenvalue weighted by molar-refractivity contribution is 0.0460. The highest BCUT2D eigenvalue weighted by molar-refractivity contribution is 5.68. The molecular formula is C20H30N2O2. The van der Waals surface area contributed by atoms with Crippen LogP contribution in [0.25, 0.3) is 0 Å². The highest BCUT2D eigenvalue weighted by Gasteiger charge is 2.41. The van der Waals surface area contributed by atoms with Gasteiger partial charge >= 0.3 is 6.09 Å². The van der Waals surface area contributed by atoms with E-state index in [4.69, 9.17) is 4.74 Å². The van der Waals surface area contributed by atoms with Gasteiger partial charge in [-0.2, -0.15) is 0 Å². The molecule has 2 fully saturated rings. The van der Waals surface area contributed by atoms with E-state index in [2.05, 4.69) is 40.5 Å². The summed E-state index contributed by atoms with van der Waals surface area (Å²) in [6, 6.07) is 10.9. The molecule has 24 heavy (non-hydrogen) atoms. The molecule has 0 spiro atoms. The van der Waals surface area contributed by atoms with Gasteiger partial charge in [0.2, 0.25) is 0 Å². The van der Waals surface area contributed by atoms with Gasteiger partial charge in [-0.1, -0.05) is 36.8 Å². The number of alkyl carbamates (subject to hydrolysis) is 1. The van der Waals surface area contributed by atoms with Crippen LogP contribution in [0.2, 0.25) is 0 Å². The molecule has 0 radical (unpaired) electrons. The van der Waals surface area contributed by atoms with Crippen molar-refractivity contribution in [3.8, 4) is 0 Å². The van der Waals surface area contributed by atoms with E-state index in [1.165, 1.54) is 18.4 Å². The number of fused-ring (bicyclic) bond motifs is 1. The monoisotopic (exact) mass is 330 g/mol. The van der Waals surface area contributed by atoms with Gasteiger partial charge in [0.25, 0.3) is 0 Å². The van der Waals surface area contributed by atoms with Gasteiger partial charge in [-0.15, -0.1) is 0 Å². The molecule has 1 saturated heterocycles. The molecule has 1 N–H and O–H groups in total. The fourth-order valence-corrected chi connectivity index (χ4v) is 4.17. The molecule has 4 nitrogen and oxygen atoms in total. The molecule has 4 heteroatoms. The zero-order valence-electron chi connectivity index (χ0n) is 15.1. The van der Waals surface area contributed by atoms with Crippen molar-refractivity contribution in [2.45, 2.75) is 58.2 Å². The molecule has 2 aliphatic rings. The normalized spacial score (nSPS) is 27.5.